The van der Waals surface area contributed by atoms with E-state index in [1.54, 1.807) is 0 Å². The minimum Gasteiger partial charge on any atom is -1.00 e. The predicted molar refractivity (Wildman–Crippen MR) is 82.8 cm³/mol. The zero-order chi connectivity index (χ0) is 14.5. The van der Waals surface area contributed by atoms with Crippen molar-refractivity contribution < 1.29 is 51.6 Å². The van der Waals surface area contributed by atoms with Gasteiger partial charge in [-0.3, -0.25) is 0 Å². The Hall–Kier alpha value is -0.0457. The molecule has 0 aromatic heterocycles. The van der Waals surface area contributed by atoms with Gasteiger partial charge in [0.05, 0.1) is 0 Å². The van der Waals surface area contributed by atoms with Gasteiger partial charge in [0, 0.05) is 6.61 Å². The molecular formula is C18H25Cl2OTi. The molecule has 22 heavy (non-hydrogen) atoms. The maximum absolute atomic E-state index is 8.40. The van der Waals surface area contributed by atoms with Crippen molar-refractivity contribution in [3.8, 4) is 0 Å². The van der Waals surface area contributed by atoms with Crippen LogP contribution in [0.25, 0.3) is 5.57 Å². The van der Waals surface area contributed by atoms with Crippen LogP contribution in [0.4, 0.5) is 0 Å². The van der Waals surface area contributed by atoms with E-state index < -0.39 is 0 Å². The third-order valence-corrected chi connectivity index (χ3v) is 3.17. The third-order valence-electron chi connectivity index (χ3n) is 3.17. The van der Waals surface area contributed by atoms with Gasteiger partial charge in [0.25, 0.3) is 0 Å². The largest absolute Gasteiger partial charge is 3.00 e. The van der Waals surface area contributed by atoms with Gasteiger partial charge in [-0.2, -0.15) is 0 Å². The summed E-state index contributed by atoms with van der Waals surface area (Å²) in [6, 6.07) is 11.5. The van der Waals surface area contributed by atoms with Crippen LogP contribution in [-0.4, -0.2) is 11.7 Å². The molecule has 4 heteroatoms. The number of benzene rings is 1. The molecule has 0 spiro atoms. The minimum atomic E-state index is 0. The summed E-state index contributed by atoms with van der Waals surface area (Å²) in [7, 11) is 0. The van der Waals surface area contributed by atoms with Crippen LogP contribution in [0.15, 0.2) is 41.5 Å². The Labute approximate surface area is 163 Å². The standard InChI is InChI=1S/C13H13.C5H12O.2ClH.Ti/c1-10-8-9-13(11(10)2)12-6-4-3-5-7-12;1-5(2,3)4-6;;;/h3-6,8H,9H2,1-2H3;6H,4H2,1-3H3;2*1H;/q-1;;;;+3/p-2. The monoisotopic (exact) mass is 375 g/mol. The summed E-state index contributed by atoms with van der Waals surface area (Å²) in [5.41, 5.74) is 5.60. The summed E-state index contributed by atoms with van der Waals surface area (Å²) in [4.78, 5) is 0. The van der Waals surface area contributed by atoms with Gasteiger partial charge in [0.15, 0.2) is 0 Å². The smallest absolute Gasteiger partial charge is 1.00 e. The number of hydrogen-bond acceptors (Lipinski definition) is 1. The van der Waals surface area contributed by atoms with Crippen molar-refractivity contribution in [1.29, 1.82) is 0 Å². The zero-order valence-corrected chi connectivity index (χ0v) is 17.1. The number of rotatable bonds is 1. The van der Waals surface area contributed by atoms with Crippen LogP contribution in [0.1, 0.15) is 46.6 Å². The van der Waals surface area contributed by atoms with Gasteiger partial charge >= 0.3 is 21.7 Å². The zero-order valence-electron chi connectivity index (χ0n) is 14.0. The van der Waals surface area contributed by atoms with Crippen LogP contribution >= 0.6 is 0 Å². The minimum absolute atomic E-state index is 0. The van der Waals surface area contributed by atoms with E-state index in [0.29, 0.717) is 0 Å². The van der Waals surface area contributed by atoms with E-state index in [0.717, 1.165) is 6.42 Å². The van der Waals surface area contributed by atoms with Gasteiger partial charge < -0.3 is 29.9 Å². The van der Waals surface area contributed by atoms with Crippen LogP contribution in [-0.2, 0) is 21.7 Å². The van der Waals surface area contributed by atoms with Gasteiger partial charge in [-0.15, -0.1) is 41.5 Å². The Balaban J connectivity index is -0.000000355. The molecule has 0 saturated carbocycles. The van der Waals surface area contributed by atoms with E-state index in [9.17, 15) is 0 Å². The van der Waals surface area contributed by atoms with Crippen molar-refractivity contribution in [2.75, 3.05) is 6.61 Å². The first-order valence-electron chi connectivity index (χ1n) is 6.80. The van der Waals surface area contributed by atoms with Crippen molar-refractivity contribution >= 4 is 5.57 Å². The average Bonchev–Trinajstić information content (AvgIpc) is 2.71. The molecule has 1 aromatic rings. The summed E-state index contributed by atoms with van der Waals surface area (Å²) >= 11 is 0. The number of halogens is 2. The topological polar surface area (TPSA) is 20.2 Å². The van der Waals surface area contributed by atoms with Crippen LogP contribution in [0, 0.1) is 11.5 Å². The SMILES string of the molecule is CC(C)(C)CO.CC1=CCC(c2[c-]cccc2)=C1C.[Cl-].[Cl-].[Ti+3]. The second-order valence-corrected chi connectivity index (χ2v) is 6.19. The molecule has 121 valence electrons. The Morgan fingerprint density at radius 3 is 2.00 bits per heavy atom. The first kappa shape index (κ1) is 26.8. The fourth-order valence-electron chi connectivity index (χ4n) is 1.69. The van der Waals surface area contributed by atoms with Crippen LogP contribution < -0.4 is 24.8 Å². The Morgan fingerprint density at radius 1 is 1.14 bits per heavy atom. The van der Waals surface area contributed by atoms with Crippen molar-refractivity contribution in [3.63, 3.8) is 0 Å². The van der Waals surface area contributed by atoms with E-state index in [1.165, 1.54) is 22.3 Å². The molecule has 1 nitrogen and oxygen atoms in total. The molecular weight excluding hydrogens is 351 g/mol. The van der Waals surface area contributed by atoms with Gasteiger partial charge in [-0.05, 0) is 25.7 Å². The Bertz CT molecular complexity index is 474. The first-order chi connectivity index (χ1) is 8.85. The molecule has 1 aliphatic rings. The van der Waals surface area contributed by atoms with Crippen LogP contribution in [0.5, 0.6) is 0 Å². The van der Waals surface area contributed by atoms with Gasteiger partial charge in [0.1, 0.15) is 0 Å². The second kappa shape index (κ2) is 12.4. The van der Waals surface area contributed by atoms with E-state index in [4.69, 9.17) is 5.11 Å². The fraction of sp³-hybridized carbons (Fsp3) is 0.444. The van der Waals surface area contributed by atoms with Crippen molar-refractivity contribution in [2.45, 2.75) is 41.0 Å². The van der Waals surface area contributed by atoms with Crippen LogP contribution in [0.2, 0.25) is 0 Å². The van der Waals surface area contributed by atoms with Gasteiger partial charge in [0.2, 0.25) is 0 Å². The van der Waals surface area contributed by atoms with E-state index in [2.05, 4.69) is 38.1 Å². The molecule has 1 aliphatic carbocycles. The molecule has 1 N–H and O–H groups in total. The molecule has 0 atom stereocenters. The van der Waals surface area contributed by atoms with E-state index in [1.807, 2.05) is 32.9 Å². The van der Waals surface area contributed by atoms with Crippen LogP contribution in [0.3, 0.4) is 0 Å². The summed E-state index contributed by atoms with van der Waals surface area (Å²) in [6.45, 7) is 10.6. The molecule has 0 fully saturated rings. The first-order valence-corrected chi connectivity index (χ1v) is 6.80. The normalized spacial score (nSPS) is 12.9. The van der Waals surface area contributed by atoms with E-state index in [-0.39, 0.29) is 58.6 Å². The summed E-state index contributed by atoms with van der Waals surface area (Å²) in [5.74, 6) is 0. The number of aliphatic hydroxyl groups excluding tert-OH is 1. The average molecular weight is 376 g/mol. The summed E-state index contributed by atoms with van der Waals surface area (Å²) in [6.07, 6.45) is 3.35. The van der Waals surface area contributed by atoms with Crippen molar-refractivity contribution in [2.24, 2.45) is 5.41 Å². The molecule has 0 bridgehead atoms. The quantitative estimate of drug-likeness (QED) is 0.475. The molecule has 2 rings (SSSR count). The Kier molecular flexibility index (Phi) is 15.1. The molecule has 0 aliphatic heterocycles. The molecule has 0 saturated heterocycles. The molecule has 1 radical (unpaired) electrons. The molecule has 0 unspecified atom stereocenters. The second-order valence-electron chi connectivity index (χ2n) is 6.19. The predicted octanol–water partition coefficient (Wildman–Crippen LogP) is -1.36. The summed E-state index contributed by atoms with van der Waals surface area (Å²) < 4.78 is 0. The number of hydrogen-bond donors (Lipinski definition) is 1. The molecule has 0 heterocycles. The third kappa shape index (κ3) is 9.17. The van der Waals surface area contributed by atoms with E-state index >= 15 is 0 Å². The number of allylic oxidation sites excluding steroid dienone is 4. The molecule has 1 aromatic carbocycles. The maximum atomic E-state index is 8.40. The maximum Gasteiger partial charge on any atom is 3.00 e. The van der Waals surface area contributed by atoms with Crippen molar-refractivity contribution in [3.05, 3.63) is 53.1 Å². The number of aliphatic hydroxyl groups is 1. The van der Waals surface area contributed by atoms with Gasteiger partial charge in [-0.25, -0.2) is 0 Å². The molecule has 0 amide bonds. The summed E-state index contributed by atoms with van der Waals surface area (Å²) in [5, 5.41) is 8.40. The Morgan fingerprint density at radius 2 is 1.68 bits per heavy atom. The fourth-order valence-corrected chi connectivity index (χ4v) is 1.69. The van der Waals surface area contributed by atoms with Gasteiger partial charge in [-0.1, -0.05) is 38.0 Å². The van der Waals surface area contributed by atoms with Crippen molar-refractivity contribution in [1.82, 2.24) is 0 Å².